The van der Waals surface area contributed by atoms with Gasteiger partial charge in [-0.25, -0.2) is 0 Å². The van der Waals surface area contributed by atoms with Crippen molar-refractivity contribution in [3.05, 3.63) is 35.5 Å². The SMILES string of the molecule is CN1CC(CC(C#N)C(N)=O)C[C@@H]2c3cccc4[nH]cc(c34)C[C@H]21. The lowest BCUT2D eigenvalue weighted by atomic mass is 9.71. The van der Waals surface area contributed by atoms with E-state index >= 15 is 0 Å². The van der Waals surface area contributed by atoms with Gasteiger partial charge in [0.05, 0.1) is 6.07 Å². The van der Waals surface area contributed by atoms with E-state index in [-0.39, 0.29) is 0 Å². The molecule has 1 aliphatic heterocycles. The highest BCUT2D eigenvalue weighted by Gasteiger charge is 2.40. The minimum absolute atomic E-state index is 0.323. The van der Waals surface area contributed by atoms with Gasteiger partial charge in [-0.3, -0.25) is 4.79 Å². The number of benzene rings is 1. The van der Waals surface area contributed by atoms with Crippen molar-refractivity contribution >= 4 is 16.8 Å². The van der Waals surface area contributed by atoms with Crippen LogP contribution in [0.1, 0.15) is 29.9 Å². The van der Waals surface area contributed by atoms with E-state index in [1.807, 2.05) is 0 Å². The van der Waals surface area contributed by atoms with E-state index in [0.29, 0.717) is 24.3 Å². The number of rotatable bonds is 3. The molecule has 1 aromatic heterocycles. The first kappa shape index (κ1) is 15.2. The van der Waals surface area contributed by atoms with Gasteiger partial charge in [0.15, 0.2) is 0 Å². The molecular formula is C19H22N4O. The average Bonchev–Trinajstić information content (AvgIpc) is 2.98. The van der Waals surface area contributed by atoms with Crippen LogP contribution in [-0.4, -0.2) is 35.4 Å². The van der Waals surface area contributed by atoms with Gasteiger partial charge in [-0.2, -0.15) is 5.26 Å². The second-order valence-corrected chi connectivity index (χ2v) is 7.32. The second kappa shape index (κ2) is 5.64. The fraction of sp³-hybridized carbons (Fsp3) is 0.474. The number of amides is 1. The summed E-state index contributed by atoms with van der Waals surface area (Å²) in [6.45, 7) is 0.919. The minimum atomic E-state index is -0.679. The third-order valence-corrected chi connectivity index (χ3v) is 5.88. The number of likely N-dealkylation sites (tertiary alicyclic amines) is 1. The number of carbonyl (C=O) groups is 1. The number of H-pyrrole nitrogens is 1. The topological polar surface area (TPSA) is 85.9 Å². The molecule has 2 unspecified atom stereocenters. The van der Waals surface area contributed by atoms with Gasteiger partial charge in [0.1, 0.15) is 5.92 Å². The lowest BCUT2D eigenvalue weighted by Gasteiger charge is -2.45. The third kappa shape index (κ3) is 2.30. The predicted octanol–water partition coefficient (Wildman–Crippen LogP) is 2.14. The van der Waals surface area contributed by atoms with Crippen molar-refractivity contribution in [3.8, 4) is 6.07 Å². The van der Waals surface area contributed by atoms with E-state index in [4.69, 9.17) is 5.73 Å². The van der Waals surface area contributed by atoms with Gasteiger partial charge in [-0.05, 0) is 49.4 Å². The zero-order chi connectivity index (χ0) is 16.8. The first-order valence-electron chi connectivity index (χ1n) is 8.56. The van der Waals surface area contributed by atoms with Crippen LogP contribution in [0.5, 0.6) is 0 Å². The summed E-state index contributed by atoms with van der Waals surface area (Å²) in [4.78, 5) is 17.2. The molecule has 5 nitrogen and oxygen atoms in total. The highest BCUT2D eigenvalue weighted by atomic mass is 16.1. The molecule has 5 heteroatoms. The van der Waals surface area contributed by atoms with Gasteiger partial charge in [-0.1, -0.05) is 12.1 Å². The first-order chi connectivity index (χ1) is 11.6. The highest BCUT2D eigenvalue weighted by molar-refractivity contribution is 5.88. The molecule has 1 saturated heterocycles. The van der Waals surface area contributed by atoms with E-state index in [9.17, 15) is 10.1 Å². The van der Waals surface area contributed by atoms with E-state index in [1.165, 1.54) is 22.0 Å². The predicted molar refractivity (Wildman–Crippen MR) is 92.2 cm³/mol. The van der Waals surface area contributed by atoms with Crippen molar-refractivity contribution in [3.63, 3.8) is 0 Å². The largest absolute Gasteiger partial charge is 0.369 e. The van der Waals surface area contributed by atoms with Gasteiger partial charge < -0.3 is 15.6 Å². The van der Waals surface area contributed by atoms with Gasteiger partial charge in [-0.15, -0.1) is 0 Å². The molecule has 2 heterocycles. The fourth-order valence-corrected chi connectivity index (χ4v) is 4.79. The van der Waals surface area contributed by atoms with Crippen molar-refractivity contribution in [1.29, 1.82) is 5.26 Å². The first-order valence-corrected chi connectivity index (χ1v) is 8.56. The summed E-state index contributed by atoms with van der Waals surface area (Å²) in [5.74, 6) is -0.403. The third-order valence-electron chi connectivity index (χ3n) is 5.88. The number of likely N-dealkylation sites (N-methyl/N-ethyl adjacent to an activating group) is 1. The molecule has 0 bridgehead atoms. The Morgan fingerprint density at radius 2 is 2.38 bits per heavy atom. The average molecular weight is 322 g/mol. The number of hydrogen-bond acceptors (Lipinski definition) is 3. The molecule has 1 fully saturated rings. The van der Waals surface area contributed by atoms with Gasteiger partial charge in [0.2, 0.25) is 5.91 Å². The van der Waals surface area contributed by atoms with Gasteiger partial charge >= 0.3 is 0 Å². The molecule has 4 rings (SSSR count). The summed E-state index contributed by atoms with van der Waals surface area (Å²) in [6, 6.07) is 9.04. The minimum Gasteiger partial charge on any atom is -0.369 e. The Balaban J connectivity index is 1.66. The summed E-state index contributed by atoms with van der Waals surface area (Å²) in [6.07, 6.45) is 4.78. The van der Waals surface area contributed by atoms with Crippen molar-refractivity contribution in [2.24, 2.45) is 17.6 Å². The Labute approximate surface area is 141 Å². The molecule has 1 amide bonds. The number of nitrogens with zero attached hydrogens (tertiary/aromatic N) is 2. The number of nitrogens with two attached hydrogens (primary N) is 1. The molecule has 1 aromatic carbocycles. The number of hydrogen-bond donors (Lipinski definition) is 2. The van der Waals surface area contributed by atoms with Crippen molar-refractivity contribution in [2.45, 2.75) is 31.2 Å². The second-order valence-electron chi connectivity index (χ2n) is 7.32. The van der Waals surface area contributed by atoms with Crippen LogP contribution in [-0.2, 0) is 11.2 Å². The molecule has 24 heavy (non-hydrogen) atoms. The van der Waals surface area contributed by atoms with E-state index in [0.717, 1.165) is 19.4 Å². The molecule has 0 radical (unpaired) electrons. The van der Waals surface area contributed by atoms with E-state index < -0.39 is 11.8 Å². The molecule has 4 atom stereocenters. The summed E-state index contributed by atoms with van der Waals surface area (Å²) < 4.78 is 0. The van der Waals surface area contributed by atoms with Gasteiger partial charge in [0, 0.05) is 35.6 Å². The maximum absolute atomic E-state index is 11.4. The molecule has 0 saturated carbocycles. The van der Waals surface area contributed by atoms with Crippen LogP contribution in [0.3, 0.4) is 0 Å². The van der Waals surface area contributed by atoms with Crippen LogP contribution >= 0.6 is 0 Å². The number of primary amides is 1. The zero-order valence-corrected chi connectivity index (χ0v) is 13.8. The quantitative estimate of drug-likeness (QED) is 0.908. The number of carbonyl (C=O) groups excluding carboxylic acids is 1. The standard InChI is InChI=1S/C19H22N4O/c1-23-10-11(5-12(8-20)19(21)24)6-15-14-3-2-4-16-18(14)13(9-22-16)7-17(15)23/h2-4,9,11-12,15,17,22H,5-7,10H2,1H3,(H2,21,24)/t11?,12?,15-,17-/m1/s1. The molecule has 2 aromatic rings. The Hall–Kier alpha value is -2.32. The zero-order valence-electron chi connectivity index (χ0n) is 13.8. The summed E-state index contributed by atoms with van der Waals surface area (Å²) in [5.41, 5.74) is 9.38. The van der Waals surface area contributed by atoms with Crippen molar-refractivity contribution in [2.75, 3.05) is 13.6 Å². The summed E-state index contributed by atoms with van der Waals surface area (Å²) >= 11 is 0. The maximum atomic E-state index is 11.4. The lowest BCUT2D eigenvalue weighted by Crippen LogP contribution is -2.48. The van der Waals surface area contributed by atoms with Crippen molar-refractivity contribution in [1.82, 2.24) is 9.88 Å². The number of fused-ring (bicyclic) bond motifs is 2. The molecule has 2 aliphatic rings. The number of nitrogens with one attached hydrogen (secondary N) is 1. The molecule has 3 N–H and O–H groups in total. The Morgan fingerprint density at radius 3 is 3.12 bits per heavy atom. The number of aromatic nitrogens is 1. The molecule has 124 valence electrons. The maximum Gasteiger partial charge on any atom is 0.234 e. The van der Waals surface area contributed by atoms with Crippen LogP contribution < -0.4 is 5.73 Å². The van der Waals surface area contributed by atoms with Crippen LogP contribution in [0.4, 0.5) is 0 Å². The molecular weight excluding hydrogens is 300 g/mol. The fourth-order valence-electron chi connectivity index (χ4n) is 4.79. The Kier molecular flexibility index (Phi) is 3.58. The summed E-state index contributed by atoms with van der Waals surface area (Å²) in [5, 5.41) is 10.6. The highest BCUT2D eigenvalue weighted by Crippen LogP contribution is 2.45. The Bertz CT molecular complexity index is 833. The van der Waals surface area contributed by atoms with E-state index in [1.54, 1.807) is 0 Å². The van der Waals surface area contributed by atoms with Crippen LogP contribution in [0.2, 0.25) is 0 Å². The molecule has 1 aliphatic carbocycles. The van der Waals surface area contributed by atoms with E-state index in [2.05, 4.69) is 47.4 Å². The van der Waals surface area contributed by atoms with Crippen LogP contribution in [0.15, 0.2) is 24.4 Å². The Morgan fingerprint density at radius 1 is 1.54 bits per heavy atom. The molecule has 0 spiro atoms. The number of aromatic amines is 1. The summed E-state index contributed by atoms with van der Waals surface area (Å²) in [7, 11) is 2.16. The smallest absolute Gasteiger partial charge is 0.234 e. The number of nitriles is 1. The van der Waals surface area contributed by atoms with Gasteiger partial charge in [0.25, 0.3) is 0 Å². The normalized spacial score (nSPS) is 27.4. The van der Waals surface area contributed by atoms with Crippen molar-refractivity contribution < 1.29 is 4.79 Å². The number of piperidine rings is 1. The lowest BCUT2D eigenvalue weighted by molar-refractivity contribution is -0.120. The van der Waals surface area contributed by atoms with Crippen LogP contribution in [0, 0.1) is 23.2 Å². The van der Waals surface area contributed by atoms with Crippen LogP contribution in [0.25, 0.3) is 10.9 Å². The monoisotopic (exact) mass is 322 g/mol.